The molecular weight excluding hydrogens is 454 g/mol. The Morgan fingerprint density at radius 1 is 1.23 bits per heavy atom. The van der Waals surface area contributed by atoms with Gasteiger partial charge in [0.05, 0.1) is 43.9 Å². The van der Waals surface area contributed by atoms with Crippen molar-refractivity contribution >= 4 is 5.91 Å². The second-order valence-corrected chi connectivity index (χ2v) is 10.4. The van der Waals surface area contributed by atoms with Crippen molar-refractivity contribution in [1.29, 1.82) is 0 Å². The molecule has 4 fully saturated rings. The van der Waals surface area contributed by atoms with Gasteiger partial charge in [-0.25, -0.2) is 0 Å². The summed E-state index contributed by atoms with van der Waals surface area (Å²) in [6.07, 6.45) is -0.777. The topological polar surface area (TPSA) is 131 Å². The van der Waals surface area contributed by atoms with Crippen molar-refractivity contribution in [2.24, 2.45) is 5.41 Å². The molecule has 0 radical (unpaired) electrons. The lowest BCUT2D eigenvalue weighted by Crippen LogP contribution is -2.78. The van der Waals surface area contributed by atoms with Gasteiger partial charge in [0, 0.05) is 11.5 Å². The fourth-order valence-electron chi connectivity index (χ4n) is 6.34. The summed E-state index contributed by atoms with van der Waals surface area (Å²) in [5.41, 5.74) is 0.508. The number of fused-ring (bicyclic) bond motifs is 3. The molecule has 5 rings (SSSR count). The maximum atomic E-state index is 13.0. The summed E-state index contributed by atoms with van der Waals surface area (Å²) in [6, 6.07) is 5.92. The molecule has 0 aromatic heterocycles. The number of rotatable bonds is 6. The number of aliphatic hydroxyl groups excluding tert-OH is 1. The molecule has 4 aliphatic rings. The highest BCUT2D eigenvalue weighted by molar-refractivity contribution is 5.79. The van der Waals surface area contributed by atoms with Crippen LogP contribution in [0.15, 0.2) is 24.3 Å². The van der Waals surface area contributed by atoms with Crippen LogP contribution in [0.1, 0.15) is 31.7 Å². The van der Waals surface area contributed by atoms with Crippen molar-refractivity contribution in [1.82, 2.24) is 16.0 Å². The summed E-state index contributed by atoms with van der Waals surface area (Å²) >= 11 is 0. The van der Waals surface area contributed by atoms with E-state index in [4.69, 9.17) is 18.9 Å². The molecule has 2 aliphatic heterocycles. The van der Waals surface area contributed by atoms with Crippen molar-refractivity contribution < 1.29 is 34.0 Å². The molecule has 1 aromatic carbocycles. The Balaban J connectivity index is 1.38. The lowest BCUT2D eigenvalue weighted by atomic mass is 9.72. The van der Waals surface area contributed by atoms with E-state index in [0.717, 1.165) is 18.4 Å². The van der Waals surface area contributed by atoms with Gasteiger partial charge in [-0.05, 0) is 58.0 Å². The Labute approximate surface area is 205 Å². The van der Waals surface area contributed by atoms with E-state index in [0.29, 0.717) is 12.2 Å². The molecule has 2 aliphatic carbocycles. The normalized spacial score (nSPS) is 41.5. The van der Waals surface area contributed by atoms with Crippen LogP contribution in [0.2, 0.25) is 0 Å². The van der Waals surface area contributed by atoms with Gasteiger partial charge in [0.15, 0.2) is 0 Å². The number of hydrogen-bond acceptors (Lipinski definition) is 9. The molecule has 10 heteroatoms. The van der Waals surface area contributed by atoms with Crippen LogP contribution in [0.5, 0.6) is 5.75 Å². The van der Waals surface area contributed by atoms with E-state index >= 15 is 0 Å². The van der Waals surface area contributed by atoms with Crippen LogP contribution in [0.3, 0.4) is 0 Å². The molecule has 0 bridgehead atoms. The summed E-state index contributed by atoms with van der Waals surface area (Å²) in [6.45, 7) is 1.89. The van der Waals surface area contributed by atoms with E-state index in [-0.39, 0.29) is 36.0 Å². The standard InChI is InChI=1S/C25H37N3O7/c1-13-10-16(28-17(29)12-14-6-5-7-15(11-14)32-4)25(31)23(33-13)34-22-20(35-25)18(26-2)19(30)21(27-3)24(22)8-9-24/h5-7,11,13,16,18-23,26-27,30-31H,8-10,12H2,1-4H3,(H,28,29)/t13-,16-,18+,19-,20?,21-,22?,23?,25+/m1/s1. The molecule has 35 heavy (non-hydrogen) atoms. The second kappa shape index (κ2) is 9.26. The van der Waals surface area contributed by atoms with Crippen LogP contribution in [0.4, 0.5) is 0 Å². The molecular formula is C25H37N3O7. The van der Waals surface area contributed by atoms with Crippen molar-refractivity contribution in [2.45, 2.75) is 87.2 Å². The Bertz CT molecular complexity index is 943. The van der Waals surface area contributed by atoms with E-state index in [1.165, 1.54) is 0 Å². The van der Waals surface area contributed by atoms with E-state index in [2.05, 4.69) is 16.0 Å². The monoisotopic (exact) mass is 491 g/mol. The van der Waals surface area contributed by atoms with Gasteiger partial charge in [-0.15, -0.1) is 0 Å². The van der Waals surface area contributed by atoms with Crippen molar-refractivity contribution in [3.8, 4) is 5.75 Å². The van der Waals surface area contributed by atoms with Gasteiger partial charge in [0.2, 0.25) is 18.0 Å². The number of benzene rings is 1. The summed E-state index contributed by atoms with van der Waals surface area (Å²) in [5.74, 6) is -1.47. The average Bonchev–Trinajstić information content (AvgIpc) is 3.61. The Morgan fingerprint density at radius 2 is 2.00 bits per heavy atom. The zero-order chi connectivity index (χ0) is 25.0. The first kappa shape index (κ1) is 24.9. The summed E-state index contributed by atoms with van der Waals surface area (Å²) in [7, 11) is 5.18. The molecule has 1 aromatic rings. The van der Waals surface area contributed by atoms with Crippen molar-refractivity contribution in [3.05, 3.63) is 29.8 Å². The van der Waals surface area contributed by atoms with Gasteiger partial charge >= 0.3 is 0 Å². The second-order valence-electron chi connectivity index (χ2n) is 10.4. The molecule has 194 valence electrons. The van der Waals surface area contributed by atoms with Gasteiger partial charge in [-0.1, -0.05) is 12.1 Å². The van der Waals surface area contributed by atoms with Crippen LogP contribution in [0, 0.1) is 5.41 Å². The number of methoxy groups -OCH3 is 1. The van der Waals surface area contributed by atoms with Gasteiger partial charge in [0.1, 0.15) is 11.9 Å². The molecule has 1 amide bonds. The minimum Gasteiger partial charge on any atom is -0.497 e. The van der Waals surface area contributed by atoms with Gasteiger partial charge < -0.3 is 45.1 Å². The zero-order valence-electron chi connectivity index (χ0n) is 20.7. The first-order valence-corrected chi connectivity index (χ1v) is 12.4. The minimum atomic E-state index is -1.89. The largest absolute Gasteiger partial charge is 0.497 e. The number of carbonyl (C=O) groups excluding carboxylic acids is 1. The molecule has 2 saturated carbocycles. The number of carbonyl (C=O) groups is 1. The average molecular weight is 492 g/mol. The summed E-state index contributed by atoms with van der Waals surface area (Å²) in [5, 5.41) is 32.3. The van der Waals surface area contributed by atoms with Crippen molar-refractivity contribution in [3.63, 3.8) is 0 Å². The number of ether oxygens (including phenoxy) is 4. The maximum absolute atomic E-state index is 13.0. The summed E-state index contributed by atoms with van der Waals surface area (Å²) < 4.78 is 24.1. The molecule has 2 saturated heterocycles. The number of aliphatic hydroxyl groups is 2. The third kappa shape index (κ3) is 4.15. The lowest BCUT2D eigenvalue weighted by molar-refractivity contribution is -0.449. The number of hydrogen-bond donors (Lipinski definition) is 5. The Morgan fingerprint density at radius 3 is 2.66 bits per heavy atom. The lowest BCUT2D eigenvalue weighted by Gasteiger charge is -2.59. The molecule has 3 unspecified atom stereocenters. The number of nitrogens with one attached hydrogen (secondary N) is 3. The zero-order valence-corrected chi connectivity index (χ0v) is 20.7. The van der Waals surface area contributed by atoms with E-state index < -0.39 is 36.4 Å². The molecule has 2 heterocycles. The fraction of sp³-hybridized carbons (Fsp3) is 0.720. The van der Waals surface area contributed by atoms with Gasteiger partial charge in [-0.3, -0.25) is 4.79 Å². The fourth-order valence-corrected chi connectivity index (χ4v) is 6.34. The van der Waals surface area contributed by atoms with Crippen LogP contribution in [0.25, 0.3) is 0 Å². The third-order valence-corrected chi connectivity index (χ3v) is 8.21. The van der Waals surface area contributed by atoms with Crippen LogP contribution < -0.4 is 20.7 Å². The van der Waals surface area contributed by atoms with Gasteiger partial charge in [0.25, 0.3) is 0 Å². The predicted octanol–water partition coefficient (Wildman–Crippen LogP) is -0.339. The highest BCUT2D eigenvalue weighted by Gasteiger charge is 2.71. The third-order valence-electron chi connectivity index (χ3n) is 8.21. The molecule has 10 nitrogen and oxygen atoms in total. The summed E-state index contributed by atoms with van der Waals surface area (Å²) in [4.78, 5) is 13.0. The predicted molar refractivity (Wildman–Crippen MR) is 126 cm³/mol. The first-order chi connectivity index (χ1) is 16.8. The SMILES string of the molecule is CN[C@@H]1C2O[C@]3(O)C(OC2C2(CC2)[C@H](NC)[C@@H]1O)O[C@H](C)C[C@H]3NC(=O)Cc1cccc(OC)c1. The first-order valence-electron chi connectivity index (χ1n) is 12.4. The minimum absolute atomic E-state index is 0.126. The van der Waals surface area contributed by atoms with E-state index in [1.54, 1.807) is 14.2 Å². The van der Waals surface area contributed by atoms with Crippen LogP contribution >= 0.6 is 0 Å². The highest BCUT2D eigenvalue weighted by Crippen LogP contribution is 2.60. The highest BCUT2D eigenvalue weighted by atomic mass is 16.8. The molecule has 1 spiro atoms. The Kier molecular flexibility index (Phi) is 6.58. The quantitative estimate of drug-likeness (QED) is 0.363. The van der Waals surface area contributed by atoms with Gasteiger partial charge in [-0.2, -0.15) is 0 Å². The Hall–Kier alpha value is -1.79. The van der Waals surface area contributed by atoms with E-state index in [9.17, 15) is 15.0 Å². The van der Waals surface area contributed by atoms with Crippen LogP contribution in [-0.4, -0.2) is 91.9 Å². The molecule has 5 N–H and O–H groups in total. The van der Waals surface area contributed by atoms with Crippen molar-refractivity contribution in [2.75, 3.05) is 21.2 Å². The smallest absolute Gasteiger partial charge is 0.239 e. The maximum Gasteiger partial charge on any atom is 0.239 e. The van der Waals surface area contributed by atoms with E-state index in [1.807, 2.05) is 38.2 Å². The molecule has 9 atom stereocenters. The number of likely N-dealkylation sites (N-methyl/N-ethyl adjacent to an activating group) is 2. The van der Waals surface area contributed by atoms with Crippen LogP contribution in [-0.2, 0) is 25.4 Å². The number of amides is 1.